The van der Waals surface area contributed by atoms with Crippen LogP contribution in [0.4, 0.5) is 11.4 Å². The third-order valence-electron chi connectivity index (χ3n) is 5.02. The van der Waals surface area contributed by atoms with Gasteiger partial charge in [-0.15, -0.1) is 0 Å². The Balaban J connectivity index is 1.39. The van der Waals surface area contributed by atoms with Crippen molar-refractivity contribution in [2.24, 2.45) is 0 Å². The molecule has 0 atom stereocenters. The number of H-pyrrole nitrogens is 1. The number of aryl methyl sites for hydroxylation is 2. The van der Waals surface area contributed by atoms with E-state index in [4.69, 9.17) is 0 Å². The number of anilines is 2. The standard InChI is InChI=1S/C24H24N4O/c1-16-7-8-21(17(2)13-16)28-24(29)23-14-19(10-12-26-23)25-11-9-18-15-27-22-6-4-3-5-20(18)22/h3-8,10,12-15,27H,9,11H2,1-2H3,(H,25,26)(H,28,29). The van der Waals surface area contributed by atoms with Crippen LogP contribution in [0.1, 0.15) is 27.2 Å². The fraction of sp³-hybridized carbons (Fsp3) is 0.167. The van der Waals surface area contributed by atoms with Gasteiger partial charge in [-0.25, -0.2) is 0 Å². The van der Waals surface area contributed by atoms with Gasteiger partial charge >= 0.3 is 0 Å². The van der Waals surface area contributed by atoms with E-state index in [0.29, 0.717) is 5.69 Å². The number of aromatic amines is 1. The van der Waals surface area contributed by atoms with Crippen LogP contribution in [0.5, 0.6) is 0 Å². The molecule has 0 unspecified atom stereocenters. The minimum absolute atomic E-state index is 0.211. The van der Waals surface area contributed by atoms with Crippen LogP contribution in [0.2, 0.25) is 0 Å². The number of rotatable bonds is 6. The molecule has 5 nitrogen and oxygen atoms in total. The van der Waals surface area contributed by atoms with Crippen molar-refractivity contribution in [3.05, 3.63) is 89.4 Å². The largest absolute Gasteiger partial charge is 0.385 e. The highest BCUT2D eigenvalue weighted by Gasteiger charge is 2.10. The zero-order valence-electron chi connectivity index (χ0n) is 16.6. The number of hydrogen-bond donors (Lipinski definition) is 3. The number of benzene rings is 2. The van der Waals surface area contributed by atoms with E-state index in [9.17, 15) is 4.79 Å². The first-order valence-corrected chi connectivity index (χ1v) is 9.74. The molecule has 1 amide bonds. The Bertz CT molecular complexity index is 1160. The fourth-order valence-electron chi connectivity index (χ4n) is 3.48. The van der Waals surface area contributed by atoms with Gasteiger partial charge in [0.25, 0.3) is 5.91 Å². The number of pyridine rings is 1. The molecule has 0 aliphatic rings. The molecule has 5 heteroatoms. The molecule has 29 heavy (non-hydrogen) atoms. The van der Waals surface area contributed by atoms with Gasteiger partial charge in [0.15, 0.2) is 0 Å². The molecule has 0 aliphatic heterocycles. The van der Waals surface area contributed by atoms with Gasteiger partial charge in [0.05, 0.1) is 0 Å². The predicted octanol–water partition coefficient (Wildman–Crippen LogP) is 5.09. The van der Waals surface area contributed by atoms with Crippen LogP contribution in [0, 0.1) is 13.8 Å². The van der Waals surface area contributed by atoms with Crippen molar-refractivity contribution >= 4 is 28.2 Å². The summed E-state index contributed by atoms with van der Waals surface area (Å²) in [5.41, 5.74) is 6.70. The number of nitrogens with zero attached hydrogens (tertiary/aromatic N) is 1. The molecule has 0 saturated heterocycles. The summed E-state index contributed by atoms with van der Waals surface area (Å²) >= 11 is 0. The summed E-state index contributed by atoms with van der Waals surface area (Å²) in [6.45, 7) is 4.79. The third-order valence-corrected chi connectivity index (χ3v) is 5.02. The Morgan fingerprint density at radius 3 is 2.79 bits per heavy atom. The number of carbonyl (C=O) groups excluding carboxylic acids is 1. The number of hydrogen-bond acceptors (Lipinski definition) is 3. The van der Waals surface area contributed by atoms with E-state index in [-0.39, 0.29) is 5.91 Å². The SMILES string of the molecule is Cc1ccc(NC(=O)c2cc(NCCc3c[nH]c4ccccc34)ccn2)c(C)c1. The molecule has 3 N–H and O–H groups in total. The first-order chi connectivity index (χ1) is 14.1. The Morgan fingerprint density at radius 2 is 1.93 bits per heavy atom. The Morgan fingerprint density at radius 1 is 1.07 bits per heavy atom. The lowest BCUT2D eigenvalue weighted by atomic mass is 10.1. The van der Waals surface area contributed by atoms with E-state index in [0.717, 1.165) is 35.4 Å². The zero-order valence-corrected chi connectivity index (χ0v) is 16.6. The van der Waals surface area contributed by atoms with Crippen molar-refractivity contribution < 1.29 is 4.79 Å². The Hall–Kier alpha value is -3.60. The molecule has 146 valence electrons. The van der Waals surface area contributed by atoms with Gasteiger partial charge in [-0.1, -0.05) is 35.9 Å². The topological polar surface area (TPSA) is 69.8 Å². The smallest absolute Gasteiger partial charge is 0.274 e. The minimum atomic E-state index is -0.211. The number of carbonyl (C=O) groups is 1. The highest BCUT2D eigenvalue weighted by atomic mass is 16.1. The van der Waals surface area contributed by atoms with E-state index in [2.05, 4.69) is 45.0 Å². The van der Waals surface area contributed by atoms with Crippen molar-refractivity contribution in [1.82, 2.24) is 9.97 Å². The quantitative estimate of drug-likeness (QED) is 0.434. The average molecular weight is 384 g/mol. The second-order valence-electron chi connectivity index (χ2n) is 7.24. The van der Waals surface area contributed by atoms with E-state index >= 15 is 0 Å². The molecule has 4 rings (SSSR count). The summed E-state index contributed by atoms with van der Waals surface area (Å²) in [5, 5.41) is 7.59. The first-order valence-electron chi connectivity index (χ1n) is 9.74. The summed E-state index contributed by atoms with van der Waals surface area (Å²) in [4.78, 5) is 20.1. The van der Waals surface area contributed by atoms with E-state index in [1.165, 1.54) is 16.5 Å². The highest BCUT2D eigenvalue weighted by molar-refractivity contribution is 6.03. The normalized spacial score (nSPS) is 10.8. The summed E-state index contributed by atoms with van der Waals surface area (Å²) < 4.78 is 0. The van der Waals surface area contributed by atoms with Crippen LogP contribution >= 0.6 is 0 Å². The van der Waals surface area contributed by atoms with Crippen molar-refractivity contribution in [2.75, 3.05) is 17.2 Å². The number of nitrogens with one attached hydrogen (secondary N) is 3. The van der Waals surface area contributed by atoms with Crippen LogP contribution in [0.3, 0.4) is 0 Å². The summed E-state index contributed by atoms with van der Waals surface area (Å²) in [5.74, 6) is -0.211. The summed E-state index contributed by atoms with van der Waals surface area (Å²) in [6.07, 6.45) is 4.60. The van der Waals surface area contributed by atoms with Gasteiger partial charge in [0.1, 0.15) is 5.69 Å². The fourth-order valence-corrected chi connectivity index (χ4v) is 3.48. The van der Waals surface area contributed by atoms with Gasteiger partial charge in [-0.05, 0) is 55.7 Å². The molecule has 0 saturated carbocycles. The molecule has 0 fully saturated rings. The minimum Gasteiger partial charge on any atom is -0.385 e. The molecular weight excluding hydrogens is 360 g/mol. The van der Waals surface area contributed by atoms with Crippen molar-refractivity contribution in [1.29, 1.82) is 0 Å². The maximum absolute atomic E-state index is 12.6. The predicted molar refractivity (Wildman–Crippen MR) is 119 cm³/mol. The van der Waals surface area contributed by atoms with Gasteiger partial charge in [-0.3, -0.25) is 9.78 Å². The van der Waals surface area contributed by atoms with Crippen molar-refractivity contribution in [3.8, 4) is 0 Å². The van der Waals surface area contributed by atoms with Crippen molar-refractivity contribution in [2.45, 2.75) is 20.3 Å². The van der Waals surface area contributed by atoms with Crippen LogP contribution < -0.4 is 10.6 Å². The number of fused-ring (bicyclic) bond motifs is 1. The molecule has 2 heterocycles. The molecular formula is C24H24N4O. The monoisotopic (exact) mass is 384 g/mol. The molecule has 0 bridgehead atoms. The third kappa shape index (κ3) is 4.29. The van der Waals surface area contributed by atoms with Crippen LogP contribution in [0.15, 0.2) is 67.0 Å². The lowest BCUT2D eigenvalue weighted by molar-refractivity contribution is 0.102. The second-order valence-corrected chi connectivity index (χ2v) is 7.24. The molecule has 0 spiro atoms. The molecule has 4 aromatic rings. The first kappa shape index (κ1) is 18.7. The average Bonchev–Trinajstić information content (AvgIpc) is 3.13. The maximum atomic E-state index is 12.6. The van der Waals surface area contributed by atoms with E-state index in [1.54, 1.807) is 12.3 Å². The van der Waals surface area contributed by atoms with Gasteiger partial charge in [0, 0.05) is 41.2 Å². The number of aromatic nitrogens is 2. The van der Waals surface area contributed by atoms with Crippen molar-refractivity contribution in [3.63, 3.8) is 0 Å². The van der Waals surface area contributed by atoms with Crippen LogP contribution in [0.25, 0.3) is 10.9 Å². The zero-order chi connectivity index (χ0) is 20.2. The summed E-state index contributed by atoms with van der Waals surface area (Å²) in [7, 11) is 0. The maximum Gasteiger partial charge on any atom is 0.274 e. The van der Waals surface area contributed by atoms with Gasteiger partial charge in [-0.2, -0.15) is 0 Å². The number of amides is 1. The van der Waals surface area contributed by atoms with Gasteiger partial charge < -0.3 is 15.6 Å². The molecule has 0 aliphatic carbocycles. The van der Waals surface area contributed by atoms with E-state index in [1.807, 2.05) is 44.2 Å². The molecule has 2 aromatic carbocycles. The molecule has 0 radical (unpaired) electrons. The van der Waals surface area contributed by atoms with Gasteiger partial charge in [0.2, 0.25) is 0 Å². The lowest BCUT2D eigenvalue weighted by Gasteiger charge is -2.10. The highest BCUT2D eigenvalue weighted by Crippen LogP contribution is 2.19. The summed E-state index contributed by atoms with van der Waals surface area (Å²) in [6, 6.07) is 17.9. The number of para-hydroxylation sites is 1. The van der Waals surface area contributed by atoms with Crippen LogP contribution in [-0.2, 0) is 6.42 Å². The lowest BCUT2D eigenvalue weighted by Crippen LogP contribution is -2.15. The second kappa shape index (κ2) is 8.19. The molecule has 2 aromatic heterocycles. The Kier molecular flexibility index (Phi) is 5.29. The Labute approximate surface area is 170 Å². The van der Waals surface area contributed by atoms with E-state index < -0.39 is 0 Å². The van der Waals surface area contributed by atoms with Crippen LogP contribution in [-0.4, -0.2) is 22.4 Å².